The van der Waals surface area contributed by atoms with Crippen molar-refractivity contribution in [2.24, 2.45) is 0 Å². The van der Waals surface area contributed by atoms with Crippen LogP contribution < -0.4 is 0 Å². The molecule has 0 radical (unpaired) electrons. The van der Waals surface area contributed by atoms with Gasteiger partial charge >= 0.3 is 11.9 Å². The van der Waals surface area contributed by atoms with Gasteiger partial charge in [0.2, 0.25) is 0 Å². The number of esters is 2. The minimum Gasteiger partial charge on any atom is -0.386 e. The maximum Gasteiger partial charge on any atom is 0.346 e. The number of hydrogen-bond acceptors (Lipinski definition) is 3. The first-order valence-electron chi connectivity index (χ1n) is 6.55. The third-order valence-corrected chi connectivity index (χ3v) is 3.20. The summed E-state index contributed by atoms with van der Waals surface area (Å²) < 4.78 is 4.95. The summed E-state index contributed by atoms with van der Waals surface area (Å²) in [4.78, 5) is 24.1. The van der Waals surface area contributed by atoms with E-state index < -0.39 is 11.9 Å². The zero-order chi connectivity index (χ0) is 14.7. The second-order valence-electron chi connectivity index (χ2n) is 4.57. The molecule has 0 aliphatic carbocycles. The Bertz CT molecular complexity index is 807. The molecule has 0 atom stereocenters. The molecule has 0 unspecified atom stereocenters. The molecule has 0 saturated heterocycles. The van der Waals surface area contributed by atoms with Crippen molar-refractivity contribution >= 4 is 22.7 Å². The van der Waals surface area contributed by atoms with Crippen molar-refractivity contribution in [3.63, 3.8) is 0 Å². The van der Waals surface area contributed by atoms with E-state index in [1.807, 2.05) is 30.3 Å². The van der Waals surface area contributed by atoms with Crippen molar-refractivity contribution in [3.05, 3.63) is 83.9 Å². The normalized spacial score (nSPS) is 9.82. The summed E-state index contributed by atoms with van der Waals surface area (Å²) in [6.45, 7) is 0. The Balaban J connectivity index is 0.00000176. The second-order valence-corrected chi connectivity index (χ2v) is 4.57. The van der Waals surface area contributed by atoms with Gasteiger partial charge in [0.15, 0.2) is 0 Å². The van der Waals surface area contributed by atoms with Gasteiger partial charge < -0.3 is 4.74 Å². The van der Waals surface area contributed by atoms with E-state index in [0.717, 1.165) is 10.8 Å². The van der Waals surface area contributed by atoms with Crippen LogP contribution >= 0.6 is 0 Å². The first kappa shape index (κ1) is 16.4. The fraction of sp³-hybridized carbons (Fsp3) is 0. The molecular weight excluding hydrogens is 377 g/mol. The maximum atomic E-state index is 12.2. The van der Waals surface area contributed by atoms with Gasteiger partial charge in [-0.2, -0.15) is 0 Å². The third-order valence-electron chi connectivity index (χ3n) is 3.20. The second kappa shape index (κ2) is 7.31. The van der Waals surface area contributed by atoms with E-state index in [1.165, 1.54) is 0 Å². The average Bonchev–Trinajstić information content (AvgIpc) is 2.55. The van der Waals surface area contributed by atoms with Crippen LogP contribution in [0.1, 0.15) is 20.7 Å². The molecule has 0 aromatic heterocycles. The molecular formula is C18H12CdO3. The summed E-state index contributed by atoms with van der Waals surface area (Å²) >= 11 is 0. The molecule has 104 valence electrons. The molecule has 0 aliphatic heterocycles. The minimum absolute atomic E-state index is 0. The Hall–Kier alpha value is -2.02. The molecule has 0 N–H and O–H groups in total. The van der Waals surface area contributed by atoms with Crippen molar-refractivity contribution < 1.29 is 41.6 Å². The standard InChI is InChI=1S/C18H12O3.Cd/c19-17(14-8-2-1-3-9-14)21-18(20)16-12-6-10-13-7-4-5-11-15(13)16;/h1-12H;. The van der Waals surface area contributed by atoms with Crippen molar-refractivity contribution in [1.29, 1.82) is 0 Å². The molecule has 22 heavy (non-hydrogen) atoms. The summed E-state index contributed by atoms with van der Waals surface area (Å²) in [6, 6.07) is 21.3. The van der Waals surface area contributed by atoms with Gasteiger partial charge in [0.1, 0.15) is 0 Å². The molecule has 0 bridgehead atoms. The SMILES string of the molecule is O=C(OC(=O)c1cccc2ccccc12)c1ccccc1.[Cd]. The van der Waals surface area contributed by atoms with E-state index in [0.29, 0.717) is 11.1 Å². The van der Waals surface area contributed by atoms with Gasteiger partial charge in [-0.3, -0.25) is 0 Å². The molecule has 0 spiro atoms. The van der Waals surface area contributed by atoms with Crippen LogP contribution in [0.5, 0.6) is 0 Å². The van der Waals surface area contributed by atoms with Crippen molar-refractivity contribution in [2.45, 2.75) is 0 Å². The van der Waals surface area contributed by atoms with E-state index in [9.17, 15) is 9.59 Å². The van der Waals surface area contributed by atoms with Crippen molar-refractivity contribution in [3.8, 4) is 0 Å². The number of hydrogen-bond donors (Lipinski definition) is 0. The fourth-order valence-electron chi connectivity index (χ4n) is 2.18. The Labute approximate surface area is 148 Å². The van der Waals surface area contributed by atoms with Crippen LogP contribution in [0.3, 0.4) is 0 Å². The van der Waals surface area contributed by atoms with Crippen LogP contribution in [-0.2, 0) is 32.0 Å². The minimum atomic E-state index is -0.645. The number of benzene rings is 3. The number of carbonyl (C=O) groups excluding carboxylic acids is 2. The number of ether oxygens (including phenoxy) is 1. The van der Waals surface area contributed by atoms with Crippen LogP contribution in [0.2, 0.25) is 0 Å². The van der Waals surface area contributed by atoms with Gasteiger partial charge in [0, 0.05) is 27.3 Å². The fourth-order valence-corrected chi connectivity index (χ4v) is 2.18. The smallest absolute Gasteiger partial charge is 0.346 e. The molecule has 0 saturated carbocycles. The van der Waals surface area contributed by atoms with Gasteiger partial charge in [-0.05, 0) is 29.0 Å². The molecule has 3 nitrogen and oxygen atoms in total. The Kier molecular flexibility index (Phi) is 5.43. The topological polar surface area (TPSA) is 43.4 Å². The van der Waals surface area contributed by atoms with Gasteiger partial charge in [-0.1, -0.05) is 54.6 Å². The zero-order valence-electron chi connectivity index (χ0n) is 11.9. The monoisotopic (exact) mass is 390 g/mol. The first-order valence-corrected chi connectivity index (χ1v) is 6.55. The number of fused-ring (bicyclic) bond motifs is 1. The zero-order valence-corrected chi connectivity index (χ0v) is 15.9. The summed E-state index contributed by atoms with van der Waals surface area (Å²) in [5.41, 5.74) is 0.739. The molecule has 0 aliphatic rings. The van der Waals surface area contributed by atoms with E-state index in [1.54, 1.807) is 42.5 Å². The van der Waals surface area contributed by atoms with Gasteiger partial charge in [0.05, 0.1) is 11.1 Å². The summed E-state index contributed by atoms with van der Waals surface area (Å²) in [5, 5.41) is 1.70. The average molecular weight is 389 g/mol. The number of rotatable bonds is 2. The molecule has 4 heteroatoms. The van der Waals surface area contributed by atoms with Crippen LogP contribution in [-0.4, -0.2) is 11.9 Å². The third kappa shape index (κ3) is 3.41. The van der Waals surface area contributed by atoms with Crippen LogP contribution in [0.25, 0.3) is 10.8 Å². The molecule has 0 fully saturated rings. The van der Waals surface area contributed by atoms with Gasteiger partial charge in [-0.15, -0.1) is 0 Å². The van der Waals surface area contributed by atoms with Crippen molar-refractivity contribution in [1.82, 2.24) is 0 Å². The van der Waals surface area contributed by atoms with Gasteiger partial charge in [-0.25, -0.2) is 9.59 Å². The predicted octanol–water partition coefficient (Wildman–Crippen LogP) is 3.83. The van der Waals surface area contributed by atoms with Crippen LogP contribution in [0.15, 0.2) is 72.8 Å². The van der Waals surface area contributed by atoms with E-state index in [4.69, 9.17) is 4.74 Å². The van der Waals surface area contributed by atoms with Crippen LogP contribution in [0, 0.1) is 0 Å². The predicted molar refractivity (Wildman–Crippen MR) is 80.1 cm³/mol. The Morgan fingerprint density at radius 2 is 1.32 bits per heavy atom. The summed E-state index contributed by atoms with van der Waals surface area (Å²) in [6.07, 6.45) is 0. The quantitative estimate of drug-likeness (QED) is 0.381. The van der Waals surface area contributed by atoms with Crippen molar-refractivity contribution in [2.75, 3.05) is 0 Å². The molecule has 0 amide bonds. The maximum absolute atomic E-state index is 12.2. The molecule has 3 aromatic carbocycles. The van der Waals surface area contributed by atoms with Gasteiger partial charge in [0.25, 0.3) is 0 Å². The molecule has 3 rings (SSSR count). The Morgan fingerprint density at radius 1 is 0.682 bits per heavy atom. The molecule has 3 aromatic rings. The first-order chi connectivity index (χ1) is 10.3. The van der Waals surface area contributed by atoms with E-state index >= 15 is 0 Å². The summed E-state index contributed by atoms with van der Waals surface area (Å²) in [5.74, 6) is -1.28. The number of carbonyl (C=O) groups is 2. The van der Waals surface area contributed by atoms with Crippen LogP contribution in [0.4, 0.5) is 0 Å². The summed E-state index contributed by atoms with van der Waals surface area (Å²) in [7, 11) is 0. The largest absolute Gasteiger partial charge is 0.386 e. The van der Waals surface area contributed by atoms with E-state index in [2.05, 4.69) is 0 Å². The Morgan fingerprint density at radius 3 is 2.09 bits per heavy atom. The molecule has 0 heterocycles. The van der Waals surface area contributed by atoms with E-state index in [-0.39, 0.29) is 27.3 Å².